The van der Waals surface area contributed by atoms with Crippen LogP contribution in [0.1, 0.15) is 21.7 Å². The molecule has 0 aliphatic carbocycles. The molecule has 1 amide bonds. The third kappa shape index (κ3) is 4.81. The summed E-state index contributed by atoms with van der Waals surface area (Å²) in [7, 11) is 0. The van der Waals surface area contributed by atoms with Gasteiger partial charge in [0.1, 0.15) is 5.75 Å². The summed E-state index contributed by atoms with van der Waals surface area (Å²) in [6, 6.07) is 12.9. The van der Waals surface area contributed by atoms with Gasteiger partial charge in [-0.05, 0) is 54.1 Å². The van der Waals surface area contributed by atoms with Gasteiger partial charge in [0.25, 0.3) is 5.91 Å². The fraction of sp³-hybridized carbons (Fsp3) is 0.158. The van der Waals surface area contributed by atoms with E-state index in [9.17, 15) is 4.79 Å². The van der Waals surface area contributed by atoms with Gasteiger partial charge in [-0.2, -0.15) is 0 Å². The standard InChI is InChI=1S/C19H19N3O2S/c20-16-7-1-2-8-17(16)22-19(23)18-11-14(13-25-18)5-4-10-24-15-6-3-9-21-12-15/h1-3,6-9,11-13H,4-5,10,20H2,(H,22,23). The number of pyridine rings is 1. The van der Waals surface area contributed by atoms with E-state index in [0.717, 1.165) is 24.2 Å². The highest BCUT2D eigenvalue weighted by Crippen LogP contribution is 2.21. The van der Waals surface area contributed by atoms with Gasteiger partial charge in [0.05, 0.1) is 29.1 Å². The van der Waals surface area contributed by atoms with Crippen molar-refractivity contribution in [1.82, 2.24) is 4.98 Å². The number of para-hydroxylation sites is 2. The summed E-state index contributed by atoms with van der Waals surface area (Å²) >= 11 is 1.43. The molecule has 0 spiro atoms. The van der Waals surface area contributed by atoms with Crippen molar-refractivity contribution in [2.45, 2.75) is 12.8 Å². The lowest BCUT2D eigenvalue weighted by Crippen LogP contribution is -2.11. The van der Waals surface area contributed by atoms with E-state index in [0.29, 0.717) is 22.9 Å². The first-order chi connectivity index (χ1) is 12.2. The van der Waals surface area contributed by atoms with Crippen LogP contribution in [0.4, 0.5) is 11.4 Å². The van der Waals surface area contributed by atoms with Crippen molar-refractivity contribution >= 4 is 28.6 Å². The Labute approximate surface area is 150 Å². The Morgan fingerprint density at radius 3 is 2.92 bits per heavy atom. The van der Waals surface area contributed by atoms with Crippen LogP contribution < -0.4 is 15.8 Å². The smallest absolute Gasteiger partial charge is 0.265 e. The van der Waals surface area contributed by atoms with Crippen LogP contribution in [0.15, 0.2) is 60.2 Å². The molecule has 0 unspecified atom stereocenters. The third-order valence-corrected chi connectivity index (χ3v) is 4.58. The number of aryl methyl sites for hydroxylation is 1. The number of thiophene rings is 1. The molecule has 3 rings (SSSR count). The van der Waals surface area contributed by atoms with Gasteiger partial charge in [-0.3, -0.25) is 9.78 Å². The zero-order valence-electron chi connectivity index (χ0n) is 13.6. The minimum Gasteiger partial charge on any atom is -0.492 e. The second kappa shape index (κ2) is 8.30. The van der Waals surface area contributed by atoms with Crippen molar-refractivity contribution in [2.75, 3.05) is 17.7 Å². The lowest BCUT2D eigenvalue weighted by molar-refractivity contribution is 0.103. The Hall–Kier alpha value is -2.86. The summed E-state index contributed by atoms with van der Waals surface area (Å²) in [5.74, 6) is 0.633. The molecule has 0 saturated heterocycles. The molecule has 5 nitrogen and oxygen atoms in total. The average molecular weight is 353 g/mol. The Morgan fingerprint density at radius 2 is 2.12 bits per heavy atom. The first kappa shape index (κ1) is 17.0. The lowest BCUT2D eigenvalue weighted by atomic mass is 10.2. The number of carbonyl (C=O) groups is 1. The van der Waals surface area contributed by atoms with E-state index >= 15 is 0 Å². The molecular formula is C19H19N3O2S. The molecule has 0 bridgehead atoms. The monoisotopic (exact) mass is 353 g/mol. The predicted molar refractivity (Wildman–Crippen MR) is 101 cm³/mol. The minimum absolute atomic E-state index is 0.138. The van der Waals surface area contributed by atoms with Crippen LogP contribution >= 0.6 is 11.3 Å². The van der Waals surface area contributed by atoms with Crippen molar-refractivity contribution in [3.8, 4) is 5.75 Å². The number of nitrogen functional groups attached to an aromatic ring is 1. The van der Waals surface area contributed by atoms with Gasteiger partial charge in [0, 0.05) is 6.20 Å². The van der Waals surface area contributed by atoms with E-state index in [2.05, 4.69) is 10.3 Å². The fourth-order valence-electron chi connectivity index (χ4n) is 2.32. The Morgan fingerprint density at radius 1 is 1.24 bits per heavy atom. The zero-order chi connectivity index (χ0) is 17.5. The quantitative estimate of drug-likeness (QED) is 0.497. The van der Waals surface area contributed by atoms with E-state index in [-0.39, 0.29) is 5.91 Å². The maximum Gasteiger partial charge on any atom is 0.265 e. The Balaban J connectivity index is 1.48. The summed E-state index contributed by atoms with van der Waals surface area (Å²) in [5, 5.41) is 4.85. The van der Waals surface area contributed by atoms with E-state index < -0.39 is 0 Å². The topological polar surface area (TPSA) is 77.2 Å². The summed E-state index contributed by atoms with van der Waals surface area (Å²) in [4.78, 5) is 17.0. The number of nitrogens with zero attached hydrogens (tertiary/aromatic N) is 1. The lowest BCUT2D eigenvalue weighted by Gasteiger charge is -2.06. The second-order valence-electron chi connectivity index (χ2n) is 5.50. The Bertz CT molecular complexity index is 833. The number of aromatic nitrogens is 1. The summed E-state index contributed by atoms with van der Waals surface area (Å²) in [6.07, 6.45) is 5.14. The van der Waals surface area contributed by atoms with E-state index in [1.807, 2.05) is 35.7 Å². The van der Waals surface area contributed by atoms with Gasteiger partial charge in [0.2, 0.25) is 0 Å². The number of hydrogen-bond donors (Lipinski definition) is 2. The predicted octanol–water partition coefficient (Wildman–Crippen LogP) is 3.99. The molecule has 0 saturated carbocycles. The minimum atomic E-state index is -0.138. The van der Waals surface area contributed by atoms with Crippen molar-refractivity contribution in [2.24, 2.45) is 0 Å². The first-order valence-electron chi connectivity index (χ1n) is 7.98. The second-order valence-corrected chi connectivity index (χ2v) is 6.41. The van der Waals surface area contributed by atoms with Gasteiger partial charge in [0.15, 0.2) is 0 Å². The molecule has 0 fully saturated rings. The van der Waals surface area contributed by atoms with Crippen LogP contribution in [0.25, 0.3) is 0 Å². The van der Waals surface area contributed by atoms with Gasteiger partial charge in [-0.15, -0.1) is 11.3 Å². The third-order valence-electron chi connectivity index (χ3n) is 3.60. The fourth-order valence-corrected chi connectivity index (χ4v) is 3.16. The van der Waals surface area contributed by atoms with Crippen LogP contribution in [0.2, 0.25) is 0 Å². The molecule has 0 aliphatic rings. The van der Waals surface area contributed by atoms with Gasteiger partial charge < -0.3 is 15.8 Å². The molecule has 25 heavy (non-hydrogen) atoms. The number of nitrogens with two attached hydrogens (primary N) is 1. The van der Waals surface area contributed by atoms with E-state index in [1.165, 1.54) is 11.3 Å². The normalized spacial score (nSPS) is 10.4. The van der Waals surface area contributed by atoms with Crippen molar-refractivity contribution in [1.29, 1.82) is 0 Å². The number of hydrogen-bond acceptors (Lipinski definition) is 5. The van der Waals surface area contributed by atoms with Crippen molar-refractivity contribution in [3.05, 3.63) is 70.7 Å². The molecule has 0 atom stereocenters. The van der Waals surface area contributed by atoms with Gasteiger partial charge in [-0.25, -0.2) is 0 Å². The highest BCUT2D eigenvalue weighted by Gasteiger charge is 2.10. The van der Waals surface area contributed by atoms with Crippen LogP contribution in [0, 0.1) is 0 Å². The number of nitrogens with one attached hydrogen (secondary N) is 1. The van der Waals surface area contributed by atoms with Gasteiger partial charge >= 0.3 is 0 Å². The SMILES string of the molecule is Nc1ccccc1NC(=O)c1cc(CCCOc2cccnc2)cs1. The number of ether oxygens (including phenoxy) is 1. The van der Waals surface area contributed by atoms with Crippen molar-refractivity contribution < 1.29 is 9.53 Å². The molecule has 0 radical (unpaired) electrons. The Kier molecular flexibility index (Phi) is 5.64. The maximum atomic E-state index is 12.3. The van der Waals surface area contributed by atoms with Crippen LogP contribution in [0.3, 0.4) is 0 Å². The number of anilines is 2. The molecule has 3 aromatic rings. The largest absolute Gasteiger partial charge is 0.492 e. The van der Waals surface area contributed by atoms with E-state index in [4.69, 9.17) is 10.5 Å². The van der Waals surface area contributed by atoms with E-state index in [1.54, 1.807) is 24.5 Å². The highest BCUT2D eigenvalue weighted by molar-refractivity contribution is 7.12. The molecule has 2 heterocycles. The molecule has 3 N–H and O–H groups in total. The van der Waals surface area contributed by atoms with Gasteiger partial charge in [-0.1, -0.05) is 12.1 Å². The van der Waals surface area contributed by atoms with Crippen molar-refractivity contribution in [3.63, 3.8) is 0 Å². The number of amides is 1. The maximum absolute atomic E-state index is 12.3. The number of benzene rings is 1. The average Bonchev–Trinajstić information content (AvgIpc) is 3.11. The molecule has 1 aromatic carbocycles. The molecular weight excluding hydrogens is 334 g/mol. The summed E-state index contributed by atoms with van der Waals surface area (Å²) in [5.41, 5.74) is 8.17. The van der Waals surface area contributed by atoms with Crippen LogP contribution in [-0.4, -0.2) is 17.5 Å². The highest BCUT2D eigenvalue weighted by atomic mass is 32.1. The number of carbonyl (C=O) groups excluding carboxylic acids is 1. The van der Waals surface area contributed by atoms with Crippen LogP contribution in [-0.2, 0) is 6.42 Å². The first-order valence-corrected chi connectivity index (χ1v) is 8.86. The zero-order valence-corrected chi connectivity index (χ0v) is 14.5. The number of rotatable bonds is 7. The molecule has 6 heteroatoms. The summed E-state index contributed by atoms with van der Waals surface area (Å²) < 4.78 is 5.62. The molecule has 128 valence electrons. The van der Waals surface area contributed by atoms with Crippen LogP contribution in [0.5, 0.6) is 5.75 Å². The summed E-state index contributed by atoms with van der Waals surface area (Å²) in [6.45, 7) is 0.615. The molecule has 0 aliphatic heterocycles. The molecule has 2 aromatic heterocycles.